The number of anilines is 2. The number of esters is 1. The van der Waals surface area contributed by atoms with E-state index in [1.165, 1.54) is 12.3 Å². The highest BCUT2D eigenvalue weighted by Crippen LogP contribution is 2.19. The second-order valence-electron chi connectivity index (χ2n) is 4.98. The molecule has 1 amide bonds. The van der Waals surface area contributed by atoms with Crippen molar-refractivity contribution in [3.8, 4) is 0 Å². The van der Waals surface area contributed by atoms with Crippen LogP contribution < -0.4 is 16.8 Å². The molecule has 0 radical (unpaired) electrons. The zero-order valence-corrected chi connectivity index (χ0v) is 11.9. The van der Waals surface area contributed by atoms with Crippen LogP contribution in [-0.2, 0) is 9.53 Å². The van der Waals surface area contributed by atoms with E-state index >= 15 is 0 Å². The molecule has 0 spiro atoms. The molecule has 0 aromatic carbocycles. The first-order valence-corrected chi connectivity index (χ1v) is 6.24. The van der Waals surface area contributed by atoms with Crippen molar-refractivity contribution in [2.75, 3.05) is 24.2 Å². The zero-order valence-electron chi connectivity index (χ0n) is 11.9. The van der Waals surface area contributed by atoms with E-state index in [9.17, 15) is 9.59 Å². The van der Waals surface area contributed by atoms with Crippen LogP contribution in [-0.4, -0.2) is 30.0 Å². The number of primary amides is 1. The van der Waals surface area contributed by atoms with Gasteiger partial charge < -0.3 is 21.5 Å². The number of aromatic nitrogens is 1. The van der Waals surface area contributed by atoms with Gasteiger partial charge in [0.1, 0.15) is 5.82 Å². The maximum Gasteiger partial charge on any atom is 0.340 e. The molecule has 7 heteroatoms. The molecule has 1 aromatic heterocycles. The number of ether oxygens (including phenoxy) is 1. The number of pyridine rings is 1. The Morgan fingerprint density at radius 2 is 2.10 bits per heavy atom. The number of rotatable bonds is 6. The average molecular weight is 280 g/mol. The fourth-order valence-electron chi connectivity index (χ4n) is 1.35. The van der Waals surface area contributed by atoms with Crippen molar-refractivity contribution >= 4 is 23.4 Å². The average Bonchev–Trinajstić information content (AvgIpc) is 2.37. The van der Waals surface area contributed by atoms with Crippen LogP contribution >= 0.6 is 0 Å². The van der Waals surface area contributed by atoms with Gasteiger partial charge in [0.05, 0.1) is 29.5 Å². The van der Waals surface area contributed by atoms with E-state index in [4.69, 9.17) is 16.2 Å². The Labute approximate surface area is 117 Å². The van der Waals surface area contributed by atoms with Gasteiger partial charge in [-0.05, 0) is 26.8 Å². The van der Waals surface area contributed by atoms with E-state index < -0.39 is 17.3 Å². The molecule has 7 nitrogen and oxygen atoms in total. The summed E-state index contributed by atoms with van der Waals surface area (Å²) in [6, 6.07) is 1.49. The van der Waals surface area contributed by atoms with Crippen molar-refractivity contribution in [2.45, 2.75) is 20.8 Å². The number of nitrogens with two attached hydrogens (primary N) is 2. The Morgan fingerprint density at radius 3 is 2.65 bits per heavy atom. The van der Waals surface area contributed by atoms with Crippen LogP contribution in [0.4, 0.5) is 11.5 Å². The van der Waals surface area contributed by atoms with E-state index in [0.29, 0.717) is 12.4 Å². The summed E-state index contributed by atoms with van der Waals surface area (Å²) in [5, 5.41) is 2.96. The molecule has 20 heavy (non-hydrogen) atoms. The number of carbonyl (C=O) groups is 2. The van der Waals surface area contributed by atoms with Crippen molar-refractivity contribution in [3.05, 3.63) is 17.8 Å². The van der Waals surface area contributed by atoms with Gasteiger partial charge in [-0.2, -0.15) is 0 Å². The Balaban J connectivity index is 2.85. The van der Waals surface area contributed by atoms with Crippen molar-refractivity contribution in [2.24, 2.45) is 11.1 Å². The molecule has 0 atom stereocenters. The highest BCUT2D eigenvalue weighted by Gasteiger charge is 2.24. The SMILES string of the molecule is CCOC(=O)c1cc(NCC(C)(C)C(N)=O)ncc1N. The normalized spacial score (nSPS) is 10.9. The zero-order chi connectivity index (χ0) is 15.3. The minimum atomic E-state index is -0.729. The Bertz CT molecular complexity index is 514. The number of carbonyl (C=O) groups excluding carboxylic acids is 2. The summed E-state index contributed by atoms with van der Waals surface area (Å²) in [6.07, 6.45) is 1.37. The van der Waals surface area contributed by atoms with E-state index in [1.807, 2.05) is 0 Å². The van der Waals surface area contributed by atoms with Gasteiger partial charge in [-0.1, -0.05) is 0 Å². The van der Waals surface area contributed by atoms with Crippen LogP contribution in [0.3, 0.4) is 0 Å². The molecular formula is C13H20N4O3. The molecule has 110 valence electrons. The third-order valence-electron chi connectivity index (χ3n) is 2.81. The van der Waals surface area contributed by atoms with Gasteiger partial charge in [-0.15, -0.1) is 0 Å². The van der Waals surface area contributed by atoms with E-state index in [2.05, 4.69) is 10.3 Å². The highest BCUT2D eigenvalue weighted by atomic mass is 16.5. The Kier molecular flexibility index (Phi) is 4.90. The first-order valence-electron chi connectivity index (χ1n) is 6.24. The topological polar surface area (TPSA) is 120 Å². The molecule has 0 fully saturated rings. The Morgan fingerprint density at radius 1 is 1.45 bits per heavy atom. The van der Waals surface area contributed by atoms with E-state index in [1.54, 1.807) is 20.8 Å². The van der Waals surface area contributed by atoms with Crippen LogP contribution in [0.5, 0.6) is 0 Å². The third-order valence-corrected chi connectivity index (χ3v) is 2.81. The lowest BCUT2D eigenvalue weighted by Gasteiger charge is -2.21. The lowest BCUT2D eigenvalue weighted by Crippen LogP contribution is -2.37. The molecule has 5 N–H and O–H groups in total. The van der Waals surface area contributed by atoms with Gasteiger partial charge in [-0.3, -0.25) is 4.79 Å². The standard InChI is InChI=1S/C13H20N4O3/c1-4-20-11(18)8-5-10(16-6-9(8)14)17-7-13(2,3)12(15)19/h5-6H,4,7,14H2,1-3H3,(H2,15,19)(H,16,17). The molecule has 1 aromatic rings. The van der Waals surface area contributed by atoms with Gasteiger partial charge in [0.25, 0.3) is 0 Å². The molecule has 0 aliphatic carbocycles. The number of nitrogens with one attached hydrogen (secondary N) is 1. The predicted molar refractivity (Wildman–Crippen MR) is 76.1 cm³/mol. The van der Waals surface area contributed by atoms with Crippen LogP contribution in [0.25, 0.3) is 0 Å². The van der Waals surface area contributed by atoms with E-state index in [-0.39, 0.29) is 17.9 Å². The summed E-state index contributed by atoms with van der Waals surface area (Å²) < 4.78 is 4.90. The second-order valence-corrected chi connectivity index (χ2v) is 4.98. The fourth-order valence-corrected chi connectivity index (χ4v) is 1.35. The fraction of sp³-hybridized carbons (Fsp3) is 0.462. The second kappa shape index (κ2) is 6.23. The first-order chi connectivity index (χ1) is 9.27. The van der Waals surface area contributed by atoms with E-state index in [0.717, 1.165) is 0 Å². The molecule has 1 rings (SSSR count). The van der Waals surface area contributed by atoms with Crippen molar-refractivity contribution in [1.29, 1.82) is 0 Å². The summed E-state index contributed by atoms with van der Waals surface area (Å²) in [7, 11) is 0. The van der Waals surface area contributed by atoms with Gasteiger partial charge >= 0.3 is 5.97 Å². The van der Waals surface area contributed by atoms with Crippen molar-refractivity contribution in [1.82, 2.24) is 4.98 Å². The predicted octanol–water partition coefficient (Wildman–Crippen LogP) is 0.764. The van der Waals surface area contributed by atoms with Crippen molar-refractivity contribution in [3.63, 3.8) is 0 Å². The number of amides is 1. The summed E-state index contributed by atoms with van der Waals surface area (Å²) in [4.78, 5) is 27.0. The van der Waals surface area contributed by atoms with Crippen LogP contribution in [0.1, 0.15) is 31.1 Å². The highest BCUT2D eigenvalue weighted by molar-refractivity contribution is 5.95. The summed E-state index contributed by atoms with van der Waals surface area (Å²) in [5.74, 6) is -0.507. The largest absolute Gasteiger partial charge is 0.462 e. The summed E-state index contributed by atoms with van der Waals surface area (Å²) in [5.41, 5.74) is 10.7. The minimum absolute atomic E-state index is 0.237. The van der Waals surface area contributed by atoms with Crippen LogP contribution in [0.2, 0.25) is 0 Å². The molecule has 0 unspecified atom stereocenters. The molecule has 1 heterocycles. The smallest absolute Gasteiger partial charge is 0.340 e. The summed E-state index contributed by atoms with van der Waals surface area (Å²) >= 11 is 0. The third kappa shape index (κ3) is 3.84. The molecule has 0 aliphatic heterocycles. The molecule has 0 aliphatic rings. The van der Waals surface area contributed by atoms with Gasteiger partial charge in [0, 0.05) is 6.54 Å². The van der Waals surface area contributed by atoms with Gasteiger partial charge in [0.15, 0.2) is 0 Å². The monoisotopic (exact) mass is 280 g/mol. The molecule has 0 bridgehead atoms. The lowest BCUT2D eigenvalue weighted by atomic mass is 9.93. The number of hydrogen-bond donors (Lipinski definition) is 3. The maximum absolute atomic E-state index is 11.7. The molecule has 0 saturated carbocycles. The minimum Gasteiger partial charge on any atom is -0.462 e. The Hall–Kier alpha value is -2.31. The summed E-state index contributed by atoms with van der Waals surface area (Å²) in [6.45, 7) is 5.70. The number of nitrogen functional groups attached to an aromatic ring is 1. The molecule has 0 saturated heterocycles. The maximum atomic E-state index is 11.7. The van der Waals surface area contributed by atoms with Crippen LogP contribution in [0, 0.1) is 5.41 Å². The van der Waals surface area contributed by atoms with Crippen molar-refractivity contribution < 1.29 is 14.3 Å². The first kappa shape index (κ1) is 15.7. The van der Waals surface area contributed by atoms with Crippen LogP contribution in [0.15, 0.2) is 12.3 Å². The quantitative estimate of drug-likeness (QED) is 0.662. The number of nitrogens with zero attached hydrogens (tertiary/aromatic N) is 1. The van der Waals surface area contributed by atoms with Gasteiger partial charge in [-0.25, -0.2) is 9.78 Å². The van der Waals surface area contributed by atoms with Gasteiger partial charge in [0.2, 0.25) is 5.91 Å². The molecular weight excluding hydrogens is 260 g/mol. The number of hydrogen-bond acceptors (Lipinski definition) is 6. The lowest BCUT2D eigenvalue weighted by molar-refractivity contribution is -0.125.